The monoisotopic (exact) mass is 383 g/mol. The van der Waals surface area contributed by atoms with E-state index in [0.29, 0.717) is 11.6 Å². The maximum absolute atomic E-state index is 5.99. The molecule has 0 radical (unpaired) electrons. The normalized spacial score (nSPS) is 10.8. The number of hydrogen-bond acceptors (Lipinski definition) is 2. The first-order chi connectivity index (χ1) is 8.97. The molecular weight excluding hydrogens is 370 g/mol. The minimum Gasteiger partial charge on any atom is -0.456 e. The molecule has 2 nitrogen and oxygen atoms in total. The second-order valence-corrected chi connectivity index (χ2v) is 6.40. The fourth-order valence-electron chi connectivity index (χ4n) is 1.78. The smallest absolute Gasteiger partial charge is 0.141 e. The molecule has 2 N–H and O–H groups in total. The van der Waals surface area contributed by atoms with Crippen LogP contribution in [0.2, 0.25) is 0 Å². The first-order valence-electron chi connectivity index (χ1n) is 5.99. The van der Waals surface area contributed by atoms with E-state index in [1.165, 1.54) is 0 Å². The lowest BCUT2D eigenvalue weighted by Gasteiger charge is -2.15. The summed E-state index contributed by atoms with van der Waals surface area (Å²) in [7, 11) is 0. The van der Waals surface area contributed by atoms with Crippen LogP contribution in [0.5, 0.6) is 11.5 Å². The molecule has 0 aliphatic heterocycles. The topological polar surface area (TPSA) is 35.2 Å². The van der Waals surface area contributed by atoms with E-state index in [2.05, 4.69) is 51.8 Å². The Kier molecular flexibility index (Phi) is 4.53. The molecule has 0 heterocycles. The Labute approximate surface area is 130 Å². The standard InChI is InChI=1S/C15H15Br2NO/c1-9(2)12-7-10(16)3-5-14(12)19-15-6-4-11(18)8-13(15)17/h3-9H,18H2,1-2H3. The van der Waals surface area contributed by atoms with Crippen molar-refractivity contribution in [2.45, 2.75) is 19.8 Å². The Morgan fingerprint density at radius 3 is 2.32 bits per heavy atom. The second kappa shape index (κ2) is 5.97. The van der Waals surface area contributed by atoms with Crippen molar-refractivity contribution in [3.8, 4) is 11.5 Å². The highest BCUT2D eigenvalue weighted by molar-refractivity contribution is 9.10. The lowest BCUT2D eigenvalue weighted by Crippen LogP contribution is -1.95. The van der Waals surface area contributed by atoms with Crippen molar-refractivity contribution in [1.29, 1.82) is 0 Å². The third kappa shape index (κ3) is 3.51. The molecule has 0 unspecified atom stereocenters. The minimum absolute atomic E-state index is 0.389. The largest absolute Gasteiger partial charge is 0.456 e. The predicted octanol–water partition coefficient (Wildman–Crippen LogP) is 5.71. The molecule has 100 valence electrons. The maximum atomic E-state index is 5.99. The number of anilines is 1. The highest BCUT2D eigenvalue weighted by atomic mass is 79.9. The molecule has 0 atom stereocenters. The van der Waals surface area contributed by atoms with Gasteiger partial charge < -0.3 is 10.5 Å². The highest BCUT2D eigenvalue weighted by Gasteiger charge is 2.11. The van der Waals surface area contributed by atoms with Crippen LogP contribution in [0.4, 0.5) is 5.69 Å². The van der Waals surface area contributed by atoms with Gasteiger partial charge in [-0.05, 0) is 63.8 Å². The van der Waals surface area contributed by atoms with Crippen molar-refractivity contribution in [2.75, 3.05) is 5.73 Å². The number of nitrogens with two attached hydrogens (primary N) is 1. The molecule has 0 saturated heterocycles. The summed E-state index contributed by atoms with van der Waals surface area (Å²) < 4.78 is 7.90. The van der Waals surface area contributed by atoms with Crippen molar-refractivity contribution in [2.24, 2.45) is 0 Å². The maximum Gasteiger partial charge on any atom is 0.141 e. The summed E-state index contributed by atoms with van der Waals surface area (Å²) in [6, 6.07) is 11.6. The zero-order valence-electron chi connectivity index (χ0n) is 10.8. The minimum atomic E-state index is 0.389. The van der Waals surface area contributed by atoms with Gasteiger partial charge in [-0.3, -0.25) is 0 Å². The van der Waals surface area contributed by atoms with E-state index < -0.39 is 0 Å². The summed E-state index contributed by atoms with van der Waals surface area (Å²) >= 11 is 6.96. The molecule has 19 heavy (non-hydrogen) atoms. The number of benzene rings is 2. The molecule has 0 amide bonds. The Morgan fingerprint density at radius 1 is 1.00 bits per heavy atom. The van der Waals surface area contributed by atoms with Gasteiger partial charge in [0, 0.05) is 10.2 Å². The second-order valence-electron chi connectivity index (χ2n) is 4.63. The van der Waals surface area contributed by atoms with Gasteiger partial charge in [0.15, 0.2) is 0 Å². The number of halogens is 2. The van der Waals surface area contributed by atoms with E-state index in [1.807, 2.05) is 30.3 Å². The first kappa shape index (κ1) is 14.4. The van der Waals surface area contributed by atoms with Crippen LogP contribution >= 0.6 is 31.9 Å². The fourth-order valence-corrected chi connectivity index (χ4v) is 2.64. The lowest BCUT2D eigenvalue weighted by atomic mass is 10.0. The van der Waals surface area contributed by atoms with Gasteiger partial charge in [-0.2, -0.15) is 0 Å². The van der Waals surface area contributed by atoms with E-state index in [1.54, 1.807) is 0 Å². The van der Waals surface area contributed by atoms with Crippen molar-refractivity contribution in [3.63, 3.8) is 0 Å². The first-order valence-corrected chi connectivity index (χ1v) is 7.58. The predicted molar refractivity (Wildman–Crippen MR) is 86.9 cm³/mol. The average molecular weight is 385 g/mol. The van der Waals surface area contributed by atoms with Gasteiger partial charge in [-0.1, -0.05) is 29.8 Å². The number of ether oxygens (including phenoxy) is 1. The molecule has 0 saturated carbocycles. The van der Waals surface area contributed by atoms with Crippen LogP contribution in [0, 0.1) is 0 Å². The molecule has 0 spiro atoms. The summed E-state index contributed by atoms with van der Waals surface area (Å²) in [6.45, 7) is 4.29. The molecule has 2 rings (SSSR count). The summed E-state index contributed by atoms with van der Waals surface area (Å²) in [5.41, 5.74) is 7.60. The molecule has 0 aliphatic carbocycles. The summed E-state index contributed by atoms with van der Waals surface area (Å²) in [4.78, 5) is 0. The Hall–Kier alpha value is -1.00. The van der Waals surface area contributed by atoms with E-state index in [4.69, 9.17) is 10.5 Å². The summed E-state index contributed by atoms with van der Waals surface area (Å²) in [6.07, 6.45) is 0. The van der Waals surface area contributed by atoms with Gasteiger partial charge in [0.1, 0.15) is 11.5 Å². The van der Waals surface area contributed by atoms with E-state index in [-0.39, 0.29) is 0 Å². The SMILES string of the molecule is CC(C)c1cc(Br)ccc1Oc1ccc(N)cc1Br. The van der Waals surface area contributed by atoms with Gasteiger partial charge in [0.05, 0.1) is 4.47 Å². The highest BCUT2D eigenvalue weighted by Crippen LogP contribution is 2.36. The average Bonchev–Trinajstić information content (AvgIpc) is 2.34. The fraction of sp³-hybridized carbons (Fsp3) is 0.200. The zero-order valence-corrected chi connectivity index (χ0v) is 14.0. The molecule has 2 aromatic carbocycles. The van der Waals surface area contributed by atoms with Crippen molar-refractivity contribution in [3.05, 3.63) is 50.9 Å². The van der Waals surface area contributed by atoms with E-state index >= 15 is 0 Å². The van der Waals surface area contributed by atoms with Gasteiger partial charge >= 0.3 is 0 Å². The number of hydrogen-bond donors (Lipinski definition) is 1. The lowest BCUT2D eigenvalue weighted by molar-refractivity contribution is 0.470. The molecular formula is C15H15Br2NO. The number of nitrogen functional groups attached to an aromatic ring is 1. The Morgan fingerprint density at radius 2 is 1.68 bits per heavy atom. The van der Waals surface area contributed by atoms with Crippen molar-refractivity contribution < 1.29 is 4.74 Å². The van der Waals surface area contributed by atoms with Crippen LogP contribution in [0.3, 0.4) is 0 Å². The molecule has 0 aromatic heterocycles. The molecule has 4 heteroatoms. The summed E-state index contributed by atoms with van der Waals surface area (Å²) in [5, 5.41) is 0. The van der Waals surface area contributed by atoms with Gasteiger partial charge in [-0.15, -0.1) is 0 Å². The molecule has 2 aromatic rings. The third-order valence-corrected chi connectivity index (χ3v) is 3.88. The van der Waals surface area contributed by atoms with E-state index in [9.17, 15) is 0 Å². The summed E-state index contributed by atoms with van der Waals surface area (Å²) in [5.74, 6) is 2.02. The third-order valence-electron chi connectivity index (χ3n) is 2.77. The van der Waals surface area contributed by atoms with Gasteiger partial charge in [0.25, 0.3) is 0 Å². The van der Waals surface area contributed by atoms with Crippen LogP contribution in [0.15, 0.2) is 45.3 Å². The molecule has 0 fully saturated rings. The van der Waals surface area contributed by atoms with Crippen LogP contribution < -0.4 is 10.5 Å². The van der Waals surface area contributed by atoms with Crippen LogP contribution in [0.1, 0.15) is 25.3 Å². The van der Waals surface area contributed by atoms with Crippen LogP contribution in [-0.4, -0.2) is 0 Å². The van der Waals surface area contributed by atoms with Crippen LogP contribution in [-0.2, 0) is 0 Å². The Balaban J connectivity index is 2.38. The number of rotatable bonds is 3. The van der Waals surface area contributed by atoms with Crippen LogP contribution in [0.25, 0.3) is 0 Å². The van der Waals surface area contributed by atoms with E-state index in [0.717, 1.165) is 26.0 Å². The van der Waals surface area contributed by atoms with Gasteiger partial charge in [-0.25, -0.2) is 0 Å². The van der Waals surface area contributed by atoms with Crippen molar-refractivity contribution in [1.82, 2.24) is 0 Å². The quantitative estimate of drug-likeness (QED) is 0.687. The van der Waals surface area contributed by atoms with Gasteiger partial charge in [0.2, 0.25) is 0 Å². The zero-order chi connectivity index (χ0) is 14.0. The molecule has 0 aliphatic rings. The van der Waals surface area contributed by atoms with Crippen molar-refractivity contribution >= 4 is 37.5 Å². The Bertz CT molecular complexity index is 597. The molecule has 0 bridgehead atoms.